The van der Waals surface area contributed by atoms with Crippen LogP contribution < -0.4 is 0 Å². The number of hydrogen-bond donors (Lipinski definition) is 1. The van der Waals surface area contributed by atoms with E-state index in [1.165, 1.54) is 140 Å². The zero-order chi connectivity index (χ0) is 26.2. The standard InChI is InChI=1S/C28H59O3PS4/c1-3-5-7-9-11-13-15-17-19-21-25-33-35-27-23-30-32(29)31-24-28-36-34-26-22-20-18-16-14-12-10-8-6-4-2/h29H,3-28H2,1-2H3. The SMILES string of the molecule is CCCCCCCCCCCCSSCCOP(O)OCCSSCCCCCCCCCCCC. The topological polar surface area (TPSA) is 38.7 Å². The maximum absolute atomic E-state index is 9.85. The van der Waals surface area contributed by atoms with Crippen molar-refractivity contribution in [2.45, 2.75) is 142 Å². The van der Waals surface area contributed by atoms with E-state index in [-0.39, 0.29) is 0 Å². The van der Waals surface area contributed by atoms with Crippen LogP contribution in [-0.2, 0) is 9.05 Å². The van der Waals surface area contributed by atoms with Gasteiger partial charge in [-0.3, -0.25) is 0 Å². The molecule has 0 heterocycles. The third kappa shape index (κ3) is 33.7. The first-order chi connectivity index (χ1) is 17.8. The molecule has 3 nitrogen and oxygen atoms in total. The molecule has 0 aromatic carbocycles. The molecular weight excluding hydrogens is 544 g/mol. The lowest BCUT2D eigenvalue weighted by atomic mass is 10.1. The van der Waals surface area contributed by atoms with Crippen LogP contribution >= 0.6 is 51.8 Å². The molecule has 0 saturated carbocycles. The molecule has 0 aliphatic rings. The van der Waals surface area contributed by atoms with Crippen LogP contribution in [-0.4, -0.2) is 41.1 Å². The van der Waals surface area contributed by atoms with Gasteiger partial charge < -0.3 is 13.9 Å². The predicted molar refractivity (Wildman–Crippen MR) is 175 cm³/mol. The lowest BCUT2D eigenvalue weighted by molar-refractivity contribution is 0.219. The Morgan fingerprint density at radius 3 is 1.03 bits per heavy atom. The molecule has 0 aliphatic carbocycles. The van der Waals surface area contributed by atoms with Gasteiger partial charge in [0.1, 0.15) is 0 Å². The van der Waals surface area contributed by atoms with Crippen LogP contribution in [0.25, 0.3) is 0 Å². The fourth-order valence-electron chi connectivity index (χ4n) is 3.87. The molecule has 8 heteroatoms. The normalized spacial score (nSPS) is 11.7. The summed E-state index contributed by atoms with van der Waals surface area (Å²) in [5, 5.41) is 0. The molecule has 0 saturated heterocycles. The first-order valence-corrected chi connectivity index (χ1v) is 21.2. The van der Waals surface area contributed by atoms with Crippen LogP contribution in [0.4, 0.5) is 0 Å². The van der Waals surface area contributed by atoms with Crippen LogP contribution in [0.1, 0.15) is 142 Å². The van der Waals surface area contributed by atoms with Crippen LogP contribution in [0.15, 0.2) is 0 Å². The van der Waals surface area contributed by atoms with Gasteiger partial charge in [0.2, 0.25) is 0 Å². The molecular formula is C28H59O3PS4. The Bertz CT molecular complexity index is 364. The van der Waals surface area contributed by atoms with E-state index < -0.39 is 8.60 Å². The second kappa shape index (κ2) is 34.7. The van der Waals surface area contributed by atoms with E-state index in [2.05, 4.69) is 13.8 Å². The molecule has 0 amide bonds. The smallest absolute Gasteiger partial charge is 0.328 e. The summed E-state index contributed by atoms with van der Waals surface area (Å²) in [4.78, 5) is 9.85. The van der Waals surface area contributed by atoms with Gasteiger partial charge in [0, 0.05) is 23.0 Å². The van der Waals surface area contributed by atoms with Gasteiger partial charge in [-0.05, 0) is 12.8 Å². The van der Waals surface area contributed by atoms with Crippen LogP contribution in [0.3, 0.4) is 0 Å². The Morgan fingerprint density at radius 2 is 0.694 bits per heavy atom. The third-order valence-corrected chi connectivity index (χ3v) is 11.8. The molecule has 0 bridgehead atoms. The predicted octanol–water partition coefficient (Wildman–Crippen LogP) is 11.8. The zero-order valence-electron chi connectivity index (χ0n) is 23.7. The second-order valence-electron chi connectivity index (χ2n) is 9.56. The van der Waals surface area contributed by atoms with Crippen LogP contribution in [0, 0.1) is 0 Å². The van der Waals surface area contributed by atoms with E-state index >= 15 is 0 Å². The Labute approximate surface area is 243 Å². The van der Waals surface area contributed by atoms with Crippen molar-refractivity contribution < 1.29 is 13.9 Å². The van der Waals surface area contributed by atoms with Gasteiger partial charge >= 0.3 is 8.60 Å². The van der Waals surface area contributed by atoms with E-state index in [1.807, 2.05) is 43.2 Å². The fourth-order valence-corrected chi connectivity index (χ4v) is 8.63. The summed E-state index contributed by atoms with van der Waals surface area (Å²) in [5.41, 5.74) is 0. The molecule has 1 N–H and O–H groups in total. The van der Waals surface area contributed by atoms with Crippen LogP contribution in [0.2, 0.25) is 0 Å². The fraction of sp³-hybridized carbons (Fsp3) is 1.00. The van der Waals surface area contributed by atoms with Crippen molar-refractivity contribution in [2.24, 2.45) is 0 Å². The van der Waals surface area contributed by atoms with Crippen molar-refractivity contribution >= 4 is 51.8 Å². The molecule has 0 aromatic rings. The summed E-state index contributed by atoms with van der Waals surface area (Å²) in [6.45, 7) is 5.70. The minimum absolute atomic E-state index is 0.568. The lowest BCUT2D eigenvalue weighted by Crippen LogP contribution is -1.97. The van der Waals surface area contributed by atoms with E-state index in [4.69, 9.17) is 9.05 Å². The quantitative estimate of drug-likeness (QED) is 0.0466. The average molecular weight is 603 g/mol. The second-order valence-corrected chi connectivity index (χ2v) is 16.0. The first kappa shape index (κ1) is 37.7. The molecule has 0 atom stereocenters. The van der Waals surface area contributed by atoms with Crippen molar-refractivity contribution in [1.82, 2.24) is 0 Å². The Morgan fingerprint density at radius 1 is 0.417 bits per heavy atom. The molecule has 0 aliphatic heterocycles. The molecule has 218 valence electrons. The zero-order valence-corrected chi connectivity index (χ0v) is 27.9. The Balaban J connectivity index is 3.13. The minimum atomic E-state index is -1.71. The maximum Gasteiger partial charge on any atom is 0.329 e. The maximum atomic E-state index is 9.85. The van der Waals surface area contributed by atoms with Crippen molar-refractivity contribution in [3.05, 3.63) is 0 Å². The molecule has 0 unspecified atom stereocenters. The van der Waals surface area contributed by atoms with Crippen molar-refractivity contribution in [3.8, 4) is 0 Å². The van der Waals surface area contributed by atoms with E-state index in [0.29, 0.717) is 13.2 Å². The van der Waals surface area contributed by atoms with Crippen molar-refractivity contribution in [1.29, 1.82) is 0 Å². The van der Waals surface area contributed by atoms with E-state index in [9.17, 15) is 4.89 Å². The molecule has 36 heavy (non-hydrogen) atoms. The molecule has 0 radical (unpaired) electrons. The number of unbranched alkanes of at least 4 members (excludes halogenated alkanes) is 18. The summed E-state index contributed by atoms with van der Waals surface area (Å²) in [6.07, 6.45) is 27.9. The van der Waals surface area contributed by atoms with Gasteiger partial charge in [-0.25, -0.2) is 0 Å². The molecule has 0 rings (SSSR count). The summed E-state index contributed by atoms with van der Waals surface area (Å²) < 4.78 is 10.8. The highest BCUT2D eigenvalue weighted by Gasteiger charge is 2.06. The highest BCUT2D eigenvalue weighted by Crippen LogP contribution is 2.34. The lowest BCUT2D eigenvalue weighted by Gasteiger charge is -2.10. The van der Waals surface area contributed by atoms with Gasteiger partial charge in [-0.2, -0.15) is 0 Å². The Kier molecular flexibility index (Phi) is 36.4. The minimum Gasteiger partial charge on any atom is -0.328 e. The molecule has 0 aromatic heterocycles. The molecule has 0 spiro atoms. The summed E-state index contributed by atoms with van der Waals surface area (Å²) in [5.74, 6) is 4.27. The summed E-state index contributed by atoms with van der Waals surface area (Å²) in [7, 11) is 5.87. The van der Waals surface area contributed by atoms with Crippen molar-refractivity contribution in [2.75, 3.05) is 36.2 Å². The summed E-state index contributed by atoms with van der Waals surface area (Å²) >= 11 is 0. The van der Waals surface area contributed by atoms with Crippen molar-refractivity contribution in [3.63, 3.8) is 0 Å². The third-order valence-electron chi connectivity index (χ3n) is 6.07. The van der Waals surface area contributed by atoms with Gasteiger partial charge in [0.15, 0.2) is 0 Å². The monoisotopic (exact) mass is 602 g/mol. The van der Waals surface area contributed by atoms with Gasteiger partial charge in [0.05, 0.1) is 13.2 Å². The first-order valence-electron chi connectivity index (χ1n) is 15.0. The van der Waals surface area contributed by atoms with Crippen LogP contribution in [0.5, 0.6) is 0 Å². The van der Waals surface area contributed by atoms with Gasteiger partial charge in [-0.15, -0.1) is 0 Å². The van der Waals surface area contributed by atoms with Gasteiger partial charge in [-0.1, -0.05) is 173 Å². The highest BCUT2D eigenvalue weighted by atomic mass is 33.1. The van der Waals surface area contributed by atoms with E-state index in [1.54, 1.807) is 0 Å². The summed E-state index contributed by atoms with van der Waals surface area (Å²) in [6, 6.07) is 0. The van der Waals surface area contributed by atoms with E-state index in [0.717, 1.165) is 11.5 Å². The van der Waals surface area contributed by atoms with Gasteiger partial charge in [0.25, 0.3) is 0 Å². The number of rotatable bonds is 32. The highest BCUT2D eigenvalue weighted by molar-refractivity contribution is 8.77. The molecule has 0 fully saturated rings. The average Bonchev–Trinajstić information content (AvgIpc) is 2.88. The number of hydrogen-bond acceptors (Lipinski definition) is 7. The largest absolute Gasteiger partial charge is 0.329 e. The Hall–Kier alpha value is 1.71.